The van der Waals surface area contributed by atoms with E-state index in [1.807, 2.05) is 0 Å². The first-order valence-corrected chi connectivity index (χ1v) is 6.44. The lowest BCUT2D eigenvalue weighted by Gasteiger charge is -2.07. The van der Waals surface area contributed by atoms with Crippen LogP contribution in [0.15, 0.2) is 55.3 Å². The highest BCUT2D eigenvalue weighted by Crippen LogP contribution is 2.15. The van der Waals surface area contributed by atoms with Crippen LogP contribution in [0.1, 0.15) is 10.5 Å². The van der Waals surface area contributed by atoms with Crippen LogP contribution in [-0.2, 0) is 0 Å². The van der Waals surface area contributed by atoms with Crippen LogP contribution in [0.3, 0.4) is 0 Å². The highest BCUT2D eigenvalue weighted by molar-refractivity contribution is 6.30. The Bertz CT molecular complexity index is 611. The lowest BCUT2D eigenvalue weighted by atomic mass is 10.2. The molecule has 0 atom stereocenters. The molecule has 2 rings (SSSR count). The van der Waals surface area contributed by atoms with E-state index < -0.39 is 0 Å². The van der Waals surface area contributed by atoms with E-state index in [9.17, 15) is 4.79 Å². The molecule has 0 saturated heterocycles. The van der Waals surface area contributed by atoms with Crippen molar-refractivity contribution in [2.24, 2.45) is 0 Å². The van der Waals surface area contributed by atoms with Gasteiger partial charge in [-0.3, -0.25) is 9.78 Å². The first kappa shape index (κ1) is 14.1. The van der Waals surface area contributed by atoms with Gasteiger partial charge in [-0.1, -0.05) is 17.7 Å². The molecule has 4 nitrogen and oxygen atoms in total. The average molecular weight is 288 g/mol. The second-order valence-electron chi connectivity index (χ2n) is 4.06. The van der Waals surface area contributed by atoms with E-state index in [4.69, 9.17) is 11.6 Å². The van der Waals surface area contributed by atoms with Crippen molar-refractivity contribution in [1.82, 2.24) is 4.98 Å². The van der Waals surface area contributed by atoms with E-state index in [1.165, 1.54) is 0 Å². The molecule has 0 saturated carbocycles. The summed E-state index contributed by atoms with van der Waals surface area (Å²) >= 11 is 5.79. The van der Waals surface area contributed by atoms with Crippen LogP contribution in [0.25, 0.3) is 0 Å². The van der Waals surface area contributed by atoms with Gasteiger partial charge in [-0.15, -0.1) is 6.58 Å². The average Bonchev–Trinajstić information content (AvgIpc) is 2.48. The van der Waals surface area contributed by atoms with Crippen LogP contribution in [0.4, 0.5) is 11.4 Å². The lowest BCUT2D eigenvalue weighted by molar-refractivity contribution is 0.102. The van der Waals surface area contributed by atoms with Gasteiger partial charge in [0.15, 0.2) is 0 Å². The van der Waals surface area contributed by atoms with Crippen molar-refractivity contribution in [3.05, 3.63) is 66.0 Å². The highest BCUT2D eigenvalue weighted by Gasteiger charge is 2.08. The molecule has 0 aliphatic heterocycles. The van der Waals surface area contributed by atoms with Crippen molar-refractivity contribution < 1.29 is 4.79 Å². The molecule has 1 amide bonds. The third kappa shape index (κ3) is 3.83. The third-order valence-electron chi connectivity index (χ3n) is 2.55. The monoisotopic (exact) mass is 287 g/mol. The number of carbonyl (C=O) groups excluding carboxylic acids is 1. The van der Waals surface area contributed by atoms with E-state index in [0.717, 1.165) is 5.69 Å². The van der Waals surface area contributed by atoms with Gasteiger partial charge in [-0.05, 0) is 36.4 Å². The van der Waals surface area contributed by atoms with Gasteiger partial charge in [0, 0.05) is 29.1 Å². The molecule has 0 aliphatic carbocycles. The molecule has 2 N–H and O–H groups in total. The third-order valence-corrected chi connectivity index (χ3v) is 2.80. The summed E-state index contributed by atoms with van der Waals surface area (Å²) in [6.07, 6.45) is 3.33. The number of benzene rings is 1. The Morgan fingerprint density at radius 3 is 2.70 bits per heavy atom. The van der Waals surface area contributed by atoms with Crippen LogP contribution < -0.4 is 10.6 Å². The minimum atomic E-state index is -0.269. The Hall–Kier alpha value is -2.33. The second-order valence-corrected chi connectivity index (χ2v) is 4.50. The van der Waals surface area contributed by atoms with Gasteiger partial charge in [0.1, 0.15) is 5.69 Å². The van der Waals surface area contributed by atoms with E-state index in [2.05, 4.69) is 22.2 Å². The Morgan fingerprint density at radius 1 is 1.25 bits per heavy atom. The number of nitrogens with zero attached hydrogens (tertiary/aromatic N) is 1. The number of halogens is 1. The maximum atomic E-state index is 12.1. The maximum absolute atomic E-state index is 12.1. The Kier molecular flexibility index (Phi) is 4.74. The summed E-state index contributed by atoms with van der Waals surface area (Å²) in [4.78, 5) is 16.1. The summed E-state index contributed by atoms with van der Waals surface area (Å²) in [5.74, 6) is -0.269. The van der Waals surface area contributed by atoms with Crippen molar-refractivity contribution in [2.75, 3.05) is 17.2 Å². The molecule has 0 fully saturated rings. The summed E-state index contributed by atoms with van der Waals surface area (Å²) in [6, 6.07) is 10.4. The minimum absolute atomic E-state index is 0.269. The van der Waals surface area contributed by atoms with Crippen LogP contribution in [0.5, 0.6) is 0 Å². The van der Waals surface area contributed by atoms with Crippen molar-refractivity contribution in [3.8, 4) is 0 Å². The second kappa shape index (κ2) is 6.73. The van der Waals surface area contributed by atoms with Crippen LogP contribution in [0.2, 0.25) is 5.02 Å². The molecule has 0 spiro atoms. The highest BCUT2D eigenvalue weighted by atomic mass is 35.5. The smallest absolute Gasteiger partial charge is 0.274 e. The fourth-order valence-corrected chi connectivity index (χ4v) is 1.71. The molecular weight excluding hydrogens is 274 g/mol. The number of hydrogen-bond acceptors (Lipinski definition) is 3. The molecule has 0 bridgehead atoms. The number of pyridine rings is 1. The molecule has 102 valence electrons. The molecule has 0 aliphatic rings. The molecule has 20 heavy (non-hydrogen) atoms. The molecule has 1 heterocycles. The van der Waals surface area contributed by atoms with Gasteiger partial charge < -0.3 is 10.6 Å². The number of aromatic nitrogens is 1. The van der Waals surface area contributed by atoms with Crippen molar-refractivity contribution in [1.29, 1.82) is 0 Å². The summed E-state index contributed by atoms with van der Waals surface area (Å²) < 4.78 is 0. The standard InChI is InChI=1S/C15H14ClN3O/c1-2-8-17-13-7-9-18-14(10-13)15(20)19-12-5-3-11(16)4-6-12/h2-7,9-10H,1,8H2,(H,17,18)(H,19,20). The fraction of sp³-hybridized carbons (Fsp3) is 0.0667. The van der Waals surface area contributed by atoms with Crippen molar-refractivity contribution in [3.63, 3.8) is 0 Å². The van der Waals surface area contributed by atoms with Gasteiger partial charge in [0.05, 0.1) is 0 Å². The number of anilines is 2. The Morgan fingerprint density at radius 2 is 2.00 bits per heavy atom. The molecule has 5 heteroatoms. The van der Waals surface area contributed by atoms with E-state index in [-0.39, 0.29) is 5.91 Å². The lowest BCUT2D eigenvalue weighted by Crippen LogP contribution is -2.14. The maximum Gasteiger partial charge on any atom is 0.274 e. The minimum Gasteiger partial charge on any atom is -0.381 e. The number of carbonyl (C=O) groups is 1. The summed E-state index contributed by atoms with van der Waals surface area (Å²) in [5, 5.41) is 6.49. The predicted molar refractivity (Wildman–Crippen MR) is 82.3 cm³/mol. The van der Waals surface area contributed by atoms with Gasteiger partial charge in [-0.25, -0.2) is 0 Å². The predicted octanol–water partition coefficient (Wildman–Crippen LogP) is 3.59. The zero-order chi connectivity index (χ0) is 14.4. The molecule has 0 unspecified atom stereocenters. The summed E-state index contributed by atoms with van der Waals surface area (Å²) in [5.41, 5.74) is 1.83. The molecule has 0 radical (unpaired) electrons. The number of hydrogen-bond donors (Lipinski definition) is 2. The van der Waals surface area contributed by atoms with Crippen LogP contribution in [0, 0.1) is 0 Å². The Labute approximate surface area is 122 Å². The Balaban J connectivity index is 2.08. The van der Waals surface area contributed by atoms with Gasteiger partial charge in [0.25, 0.3) is 5.91 Å². The van der Waals surface area contributed by atoms with Crippen LogP contribution >= 0.6 is 11.6 Å². The SMILES string of the molecule is C=CCNc1ccnc(C(=O)Nc2ccc(Cl)cc2)c1. The largest absolute Gasteiger partial charge is 0.381 e. The van der Waals surface area contributed by atoms with Crippen molar-refractivity contribution in [2.45, 2.75) is 0 Å². The van der Waals surface area contributed by atoms with Gasteiger partial charge in [-0.2, -0.15) is 0 Å². The molecule has 1 aromatic carbocycles. The fourth-order valence-electron chi connectivity index (χ4n) is 1.58. The first-order chi connectivity index (χ1) is 9.69. The van der Waals surface area contributed by atoms with E-state index >= 15 is 0 Å². The van der Waals surface area contributed by atoms with Crippen LogP contribution in [-0.4, -0.2) is 17.4 Å². The number of rotatable bonds is 5. The zero-order valence-corrected chi connectivity index (χ0v) is 11.5. The van der Waals surface area contributed by atoms with Gasteiger partial charge >= 0.3 is 0 Å². The number of nitrogens with one attached hydrogen (secondary N) is 2. The molecule has 1 aromatic heterocycles. The zero-order valence-electron chi connectivity index (χ0n) is 10.8. The molecule has 2 aromatic rings. The normalized spacial score (nSPS) is 9.85. The van der Waals surface area contributed by atoms with E-state index in [0.29, 0.717) is 22.9 Å². The van der Waals surface area contributed by atoms with E-state index in [1.54, 1.807) is 48.7 Å². The number of amides is 1. The quantitative estimate of drug-likeness (QED) is 0.826. The summed E-state index contributed by atoms with van der Waals surface area (Å²) in [7, 11) is 0. The topological polar surface area (TPSA) is 54.0 Å². The molecular formula is C15H14ClN3O. The first-order valence-electron chi connectivity index (χ1n) is 6.07. The summed E-state index contributed by atoms with van der Waals surface area (Å²) in [6.45, 7) is 4.26. The van der Waals surface area contributed by atoms with Gasteiger partial charge in [0.2, 0.25) is 0 Å². The van der Waals surface area contributed by atoms with Crippen molar-refractivity contribution >= 4 is 28.9 Å².